The Morgan fingerprint density at radius 3 is 2.25 bits per heavy atom. The highest BCUT2D eigenvalue weighted by Crippen LogP contribution is 2.23. The van der Waals surface area contributed by atoms with Gasteiger partial charge < -0.3 is 4.90 Å². The molecule has 3 heteroatoms. The molecule has 0 aromatic heterocycles. The summed E-state index contributed by atoms with van der Waals surface area (Å²) in [5, 5.41) is 0. The molecule has 0 bridgehead atoms. The van der Waals surface area contributed by atoms with Crippen LogP contribution < -0.4 is 0 Å². The molecular weight excluding hydrogens is 311 g/mol. The Hall–Kier alpha value is 0.650. The number of alkyl halides is 1. The van der Waals surface area contributed by atoms with Gasteiger partial charge in [0.15, 0.2) is 0 Å². The summed E-state index contributed by atoms with van der Waals surface area (Å²) in [6.07, 6.45) is 7.17. The molecule has 0 aromatic carbocycles. The quantitative estimate of drug-likeness (QED) is 0.444. The molecule has 0 saturated carbocycles. The summed E-state index contributed by atoms with van der Waals surface area (Å²) < 4.78 is 0.716. The van der Waals surface area contributed by atoms with Crippen molar-refractivity contribution in [1.82, 2.24) is 9.80 Å². The lowest BCUT2D eigenvalue weighted by Gasteiger charge is -2.37. The number of halogens is 1. The van der Waals surface area contributed by atoms with E-state index in [4.69, 9.17) is 0 Å². The highest BCUT2D eigenvalue weighted by atomic mass is 127. The molecule has 0 N–H and O–H groups in total. The summed E-state index contributed by atoms with van der Waals surface area (Å²) in [5.74, 6) is 0.976. The second-order valence-electron chi connectivity index (χ2n) is 5.41. The molecular formula is C13H25IN2. The molecule has 0 aliphatic carbocycles. The van der Waals surface area contributed by atoms with Gasteiger partial charge >= 0.3 is 0 Å². The van der Waals surface area contributed by atoms with Gasteiger partial charge in [-0.1, -0.05) is 29.0 Å². The minimum Gasteiger partial charge on any atom is -0.303 e. The molecule has 16 heavy (non-hydrogen) atoms. The predicted octanol–water partition coefficient (Wildman–Crippen LogP) is 2.97. The Balaban J connectivity index is 1.68. The van der Waals surface area contributed by atoms with Crippen molar-refractivity contribution in [1.29, 1.82) is 0 Å². The lowest BCUT2D eigenvalue weighted by molar-refractivity contribution is 0.132. The predicted molar refractivity (Wildman–Crippen MR) is 78.1 cm³/mol. The number of hydrogen-bond donors (Lipinski definition) is 0. The zero-order chi connectivity index (χ0) is 11.4. The van der Waals surface area contributed by atoms with E-state index >= 15 is 0 Å². The zero-order valence-electron chi connectivity index (χ0n) is 10.5. The van der Waals surface area contributed by atoms with Crippen molar-refractivity contribution in [3.63, 3.8) is 0 Å². The van der Waals surface area contributed by atoms with E-state index in [0.29, 0.717) is 4.05 Å². The average Bonchev–Trinajstić information content (AvgIpc) is 2.31. The normalized spacial score (nSPS) is 28.1. The maximum absolute atomic E-state index is 2.71. The van der Waals surface area contributed by atoms with Crippen molar-refractivity contribution >= 4 is 22.6 Å². The van der Waals surface area contributed by atoms with Crippen molar-refractivity contribution in [2.75, 3.05) is 32.7 Å². The Morgan fingerprint density at radius 2 is 1.69 bits per heavy atom. The first kappa shape index (κ1) is 13.1. The fourth-order valence-electron chi connectivity index (χ4n) is 3.00. The van der Waals surface area contributed by atoms with Gasteiger partial charge in [0.1, 0.15) is 0 Å². The highest BCUT2D eigenvalue weighted by molar-refractivity contribution is 14.1. The third-order valence-corrected chi connectivity index (χ3v) is 4.91. The summed E-state index contributed by atoms with van der Waals surface area (Å²) in [5.41, 5.74) is 0. The Labute approximate surface area is 114 Å². The second-order valence-corrected chi connectivity index (χ2v) is 7.22. The molecule has 0 spiro atoms. The molecule has 2 heterocycles. The van der Waals surface area contributed by atoms with Crippen LogP contribution in [0.4, 0.5) is 0 Å². The van der Waals surface area contributed by atoms with E-state index in [1.54, 1.807) is 0 Å². The summed E-state index contributed by atoms with van der Waals surface area (Å²) in [6.45, 7) is 9.06. The zero-order valence-corrected chi connectivity index (χ0v) is 12.7. The minimum atomic E-state index is 0.716. The van der Waals surface area contributed by atoms with Crippen LogP contribution in [0.2, 0.25) is 0 Å². The third-order valence-electron chi connectivity index (χ3n) is 4.12. The van der Waals surface area contributed by atoms with Gasteiger partial charge in [-0.3, -0.25) is 4.90 Å². The number of likely N-dealkylation sites (tertiary alicyclic amines) is 2. The molecule has 1 atom stereocenters. The van der Waals surface area contributed by atoms with Crippen LogP contribution in [0.5, 0.6) is 0 Å². The Bertz CT molecular complexity index is 194. The van der Waals surface area contributed by atoms with Crippen LogP contribution in [0.15, 0.2) is 0 Å². The number of nitrogens with zero attached hydrogens (tertiary/aromatic N) is 2. The van der Waals surface area contributed by atoms with Crippen molar-refractivity contribution in [2.24, 2.45) is 5.92 Å². The number of piperidine rings is 2. The van der Waals surface area contributed by atoms with Gasteiger partial charge in [-0.15, -0.1) is 0 Å². The van der Waals surface area contributed by atoms with Crippen molar-refractivity contribution < 1.29 is 0 Å². The van der Waals surface area contributed by atoms with Gasteiger partial charge in [0.25, 0.3) is 0 Å². The van der Waals surface area contributed by atoms with Crippen LogP contribution in [0.3, 0.4) is 0 Å². The van der Waals surface area contributed by atoms with E-state index < -0.39 is 0 Å². The van der Waals surface area contributed by atoms with Crippen LogP contribution in [0, 0.1) is 5.92 Å². The Kier molecular flexibility index (Phi) is 5.36. The van der Waals surface area contributed by atoms with Gasteiger partial charge in [0.2, 0.25) is 0 Å². The number of rotatable bonds is 3. The van der Waals surface area contributed by atoms with E-state index in [1.807, 2.05) is 0 Å². The van der Waals surface area contributed by atoms with Gasteiger partial charge in [-0.25, -0.2) is 0 Å². The monoisotopic (exact) mass is 336 g/mol. The molecule has 0 radical (unpaired) electrons. The fourth-order valence-corrected chi connectivity index (χ4v) is 3.56. The molecule has 94 valence electrons. The molecule has 2 aliphatic rings. The first-order chi connectivity index (χ1) is 7.75. The molecule has 0 aromatic rings. The van der Waals surface area contributed by atoms with E-state index in [1.165, 1.54) is 64.8 Å². The number of hydrogen-bond acceptors (Lipinski definition) is 2. The Morgan fingerprint density at radius 1 is 1.06 bits per heavy atom. The highest BCUT2D eigenvalue weighted by Gasteiger charge is 2.23. The summed E-state index contributed by atoms with van der Waals surface area (Å²) in [4.78, 5) is 5.32. The van der Waals surface area contributed by atoms with E-state index in [-0.39, 0.29) is 0 Å². The topological polar surface area (TPSA) is 6.48 Å². The fraction of sp³-hybridized carbons (Fsp3) is 1.00. The summed E-state index contributed by atoms with van der Waals surface area (Å²) in [6, 6.07) is 0. The molecule has 2 nitrogen and oxygen atoms in total. The van der Waals surface area contributed by atoms with Crippen LogP contribution in [-0.4, -0.2) is 46.6 Å². The largest absolute Gasteiger partial charge is 0.303 e. The third kappa shape index (κ3) is 3.84. The molecule has 1 unspecified atom stereocenters. The SMILES string of the molecule is CC(I)N1CCC(CN2CCCCC2)CC1. The standard InChI is InChI=1S/C13H25IN2/c1-12(14)16-9-5-13(6-10-16)11-15-7-3-2-4-8-15/h12-13H,2-11H2,1H3. The molecule has 0 amide bonds. The maximum atomic E-state index is 2.71. The van der Waals surface area contributed by atoms with Crippen LogP contribution >= 0.6 is 22.6 Å². The van der Waals surface area contributed by atoms with Gasteiger partial charge in [-0.2, -0.15) is 0 Å². The molecule has 2 rings (SSSR count). The van der Waals surface area contributed by atoms with Gasteiger partial charge in [0.05, 0.1) is 4.05 Å². The first-order valence-corrected chi connectivity index (χ1v) is 8.11. The first-order valence-electron chi connectivity index (χ1n) is 6.86. The van der Waals surface area contributed by atoms with Gasteiger partial charge in [0, 0.05) is 6.54 Å². The van der Waals surface area contributed by atoms with E-state index in [0.717, 1.165) is 5.92 Å². The lowest BCUT2D eigenvalue weighted by Crippen LogP contribution is -2.41. The van der Waals surface area contributed by atoms with E-state index in [2.05, 4.69) is 39.3 Å². The second kappa shape index (κ2) is 6.55. The van der Waals surface area contributed by atoms with Crippen molar-refractivity contribution in [2.45, 2.75) is 43.1 Å². The van der Waals surface area contributed by atoms with Crippen LogP contribution in [0.1, 0.15) is 39.0 Å². The van der Waals surface area contributed by atoms with Gasteiger partial charge in [-0.05, 0) is 64.7 Å². The van der Waals surface area contributed by atoms with Crippen molar-refractivity contribution in [3.05, 3.63) is 0 Å². The molecule has 2 aliphatic heterocycles. The summed E-state index contributed by atoms with van der Waals surface area (Å²) in [7, 11) is 0. The lowest BCUT2D eigenvalue weighted by atomic mass is 9.95. The van der Waals surface area contributed by atoms with E-state index in [9.17, 15) is 0 Å². The maximum Gasteiger partial charge on any atom is 0.0589 e. The smallest absolute Gasteiger partial charge is 0.0589 e. The molecule has 2 fully saturated rings. The van der Waals surface area contributed by atoms with Crippen LogP contribution in [-0.2, 0) is 0 Å². The molecule has 2 saturated heterocycles. The van der Waals surface area contributed by atoms with Crippen LogP contribution in [0.25, 0.3) is 0 Å². The minimum absolute atomic E-state index is 0.716. The average molecular weight is 336 g/mol. The summed E-state index contributed by atoms with van der Waals surface area (Å²) >= 11 is 2.54. The van der Waals surface area contributed by atoms with Crippen molar-refractivity contribution in [3.8, 4) is 0 Å².